The van der Waals surface area contributed by atoms with E-state index in [-0.39, 0.29) is 24.0 Å². The van der Waals surface area contributed by atoms with Crippen molar-refractivity contribution in [2.24, 2.45) is 10.9 Å². The number of likely N-dealkylation sites (tertiary alicyclic amines) is 1. The Labute approximate surface area is 193 Å². The Morgan fingerprint density at radius 2 is 2.07 bits per heavy atom. The highest BCUT2D eigenvalue weighted by Crippen LogP contribution is 2.22. The van der Waals surface area contributed by atoms with Crippen LogP contribution in [0.4, 0.5) is 0 Å². The van der Waals surface area contributed by atoms with Gasteiger partial charge in [-0.1, -0.05) is 32.0 Å². The fraction of sp³-hybridized carbons (Fsp3) is 0.609. The molecule has 5 nitrogen and oxygen atoms in total. The van der Waals surface area contributed by atoms with E-state index in [1.165, 1.54) is 35.0 Å². The molecule has 0 spiro atoms. The van der Waals surface area contributed by atoms with Gasteiger partial charge in [0.25, 0.3) is 0 Å². The van der Waals surface area contributed by atoms with Crippen molar-refractivity contribution in [2.75, 3.05) is 45.8 Å². The number of hydrogen-bond acceptors (Lipinski definition) is 2. The lowest BCUT2D eigenvalue weighted by Crippen LogP contribution is -2.41. The Hall–Kier alpha value is -1.28. The smallest absolute Gasteiger partial charge is 0.193 e. The number of aryl methyl sites for hydroxylation is 1. The number of aromatic nitrogens is 1. The zero-order chi connectivity index (χ0) is 19.9. The van der Waals surface area contributed by atoms with Crippen LogP contribution in [0.25, 0.3) is 10.9 Å². The summed E-state index contributed by atoms with van der Waals surface area (Å²) in [7, 11) is 0. The summed E-state index contributed by atoms with van der Waals surface area (Å²) in [6.07, 6.45) is 4.38. The molecule has 6 heteroatoms. The maximum atomic E-state index is 4.96. The van der Waals surface area contributed by atoms with Gasteiger partial charge in [-0.05, 0) is 56.8 Å². The molecule has 1 atom stereocenters. The molecule has 3 rings (SSSR count). The van der Waals surface area contributed by atoms with Gasteiger partial charge in [0.15, 0.2) is 5.96 Å². The molecule has 1 aromatic carbocycles. The Kier molecular flexibility index (Phi) is 9.75. The summed E-state index contributed by atoms with van der Waals surface area (Å²) in [5.74, 6) is 1.83. The van der Waals surface area contributed by atoms with Crippen LogP contribution < -0.4 is 5.32 Å². The van der Waals surface area contributed by atoms with Crippen molar-refractivity contribution < 1.29 is 0 Å². The van der Waals surface area contributed by atoms with Crippen molar-refractivity contribution in [2.45, 2.75) is 40.5 Å². The summed E-state index contributed by atoms with van der Waals surface area (Å²) in [4.78, 5) is 13.4. The number of nitrogens with one attached hydrogen (secondary N) is 2. The van der Waals surface area contributed by atoms with Gasteiger partial charge in [-0.3, -0.25) is 4.99 Å². The van der Waals surface area contributed by atoms with Crippen LogP contribution in [0, 0.1) is 12.8 Å². The van der Waals surface area contributed by atoms with E-state index in [4.69, 9.17) is 4.99 Å². The van der Waals surface area contributed by atoms with Gasteiger partial charge in [-0.2, -0.15) is 0 Å². The summed E-state index contributed by atoms with van der Waals surface area (Å²) in [6, 6.07) is 6.51. The molecule has 2 aromatic rings. The van der Waals surface area contributed by atoms with Crippen molar-refractivity contribution >= 4 is 40.8 Å². The molecular weight excluding hydrogens is 473 g/mol. The molecule has 1 aromatic heterocycles. The summed E-state index contributed by atoms with van der Waals surface area (Å²) in [5.41, 5.74) is 3.92. The zero-order valence-corrected chi connectivity index (χ0v) is 20.8. The molecule has 0 saturated carbocycles. The van der Waals surface area contributed by atoms with Crippen molar-refractivity contribution in [3.8, 4) is 0 Å². The number of para-hydroxylation sites is 1. The van der Waals surface area contributed by atoms with Crippen molar-refractivity contribution in [3.05, 3.63) is 35.5 Å². The minimum absolute atomic E-state index is 0. The third-order valence-electron chi connectivity index (χ3n) is 5.98. The molecule has 1 fully saturated rings. The van der Waals surface area contributed by atoms with E-state index in [9.17, 15) is 0 Å². The van der Waals surface area contributed by atoms with Gasteiger partial charge >= 0.3 is 0 Å². The summed E-state index contributed by atoms with van der Waals surface area (Å²) in [6.45, 7) is 16.3. The summed E-state index contributed by atoms with van der Waals surface area (Å²) >= 11 is 0. The third-order valence-corrected chi connectivity index (χ3v) is 5.98. The Morgan fingerprint density at radius 3 is 2.79 bits per heavy atom. The SMILES string of the molecule is CCNC(=NCCc1c[nH]c2c(C)cccc12)N1CCC(CN(CC)CC)C1.I. The molecule has 0 amide bonds. The van der Waals surface area contributed by atoms with Gasteiger partial charge < -0.3 is 20.1 Å². The first kappa shape index (κ1) is 24.0. The Balaban J connectivity index is 0.00000300. The highest BCUT2D eigenvalue weighted by atomic mass is 127. The quantitative estimate of drug-likeness (QED) is 0.316. The topological polar surface area (TPSA) is 46.7 Å². The van der Waals surface area contributed by atoms with E-state index < -0.39 is 0 Å². The number of fused-ring (bicyclic) bond motifs is 1. The number of nitrogens with zero attached hydrogens (tertiary/aromatic N) is 3. The number of halogens is 1. The molecule has 2 heterocycles. The molecule has 0 bridgehead atoms. The highest BCUT2D eigenvalue weighted by Gasteiger charge is 2.25. The van der Waals surface area contributed by atoms with E-state index in [1.807, 2.05) is 0 Å². The summed E-state index contributed by atoms with van der Waals surface area (Å²) < 4.78 is 0. The molecule has 2 N–H and O–H groups in total. The fourth-order valence-electron chi connectivity index (χ4n) is 4.30. The average Bonchev–Trinajstić information content (AvgIpc) is 3.33. The largest absolute Gasteiger partial charge is 0.361 e. The highest BCUT2D eigenvalue weighted by molar-refractivity contribution is 14.0. The number of H-pyrrole nitrogens is 1. The fourth-order valence-corrected chi connectivity index (χ4v) is 4.30. The van der Waals surface area contributed by atoms with Gasteiger partial charge in [-0.25, -0.2) is 0 Å². The maximum Gasteiger partial charge on any atom is 0.193 e. The van der Waals surface area contributed by atoms with Crippen molar-refractivity contribution in [1.82, 2.24) is 20.1 Å². The Morgan fingerprint density at radius 1 is 1.28 bits per heavy atom. The Bertz CT molecular complexity index is 781. The number of guanidine groups is 1. The second kappa shape index (κ2) is 11.8. The molecule has 162 valence electrons. The number of aliphatic imine (C=N–C) groups is 1. The number of aromatic amines is 1. The van der Waals surface area contributed by atoms with Crippen LogP contribution in [0.5, 0.6) is 0 Å². The number of rotatable bonds is 8. The lowest BCUT2D eigenvalue weighted by atomic mass is 10.1. The molecule has 0 aliphatic carbocycles. The standard InChI is InChI=1S/C23H37N5.HI/c1-5-24-23(28-14-12-19(17-28)16-27(6-2)7-3)25-13-11-20-15-26-22-18(4)9-8-10-21(20)22;/h8-10,15,19,26H,5-7,11-14,16-17H2,1-4H3,(H,24,25);1H. The predicted octanol–water partition coefficient (Wildman–Crippen LogP) is 4.27. The van der Waals surface area contributed by atoms with Crippen LogP contribution in [0.3, 0.4) is 0 Å². The van der Waals surface area contributed by atoms with E-state index in [0.717, 1.165) is 57.6 Å². The normalized spacial score (nSPS) is 17.2. The number of hydrogen-bond donors (Lipinski definition) is 2. The van der Waals surface area contributed by atoms with Crippen molar-refractivity contribution in [3.63, 3.8) is 0 Å². The monoisotopic (exact) mass is 511 g/mol. The van der Waals surface area contributed by atoms with Crippen LogP contribution in [0.1, 0.15) is 38.3 Å². The lowest BCUT2D eigenvalue weighted by molar-refractivity contribution is 0.255. The molecular formula is C23H38IN5. The zero-order valence-electron chi connectivity index (χ0n) is 18.5. The predicted molar refractivity (Wildman–Crippen MR) is 136 cm³/mol. The van der Waals surface area contributed by atoms with E-state index in [0.29, 0.717) is 0 Å². The van der Waals surface area contributed by atoms with Gasteiger partial charge in [0, 0.05) is 49.8 Å². The van der Waals surface area contributed by atoms with Crippen LogP contribution in [0.2, 0.25) is 0 Å². The van der Waals surface area contributed by atoms with Crippen LogP contribution in [0.15, 0.2) is 29.4 Å². The van der Waals surface area contributed by atoms with Gasteiger partial charge in [0.1, 0.15) is 0 Å². The van der Waals surface area contributed by atoms with E-state index >= 15 is 0 Å². The minimum atomic E-state index is 0. The van der Waals surface area contributed by atoms with E-state index in [2.05, 4.69) is 72.2 Å². The summed E-state index contributed by atoms with van der Waals surface area (Å²) in [5, 5.41) is 4.84. The third kappa shape index (κ3) is 6.10. The van der Waals surface area contributed by atoms with Gasteiger partial charge in [-0.15, -0.1) is 24.0 Å². The lowest BCUT2D eigenvalue weighted by Gasteiger charge is -2.24. The molecule has 29 heavy (non-hydrogen) atoms. The van der Waals surface area contributed by atoms with Crippen LogP contribution >= 0.6 is 24.0 Å². The molecule has 0 radical (unpaired) electrons. The van der Waals surface area contributed by atoms with Crippen LogP contribution in [-0.2, 0) is 6.42 Å². The first-order valence-electron chi connectivity index (χ1n) is 11.0. The molecule has 1 aliphatic heterocycles. The molecule has 1 unspecified atom stereocenters. The first-order chi connectivity index (χ1) is 13.7. The van der Waals surface area contributed by atoms with E-state index in [1.54, 1.807) is 0 Å². The minimum Gasteiger partial charge on any atom is -0.361 e. The maximum absolute atomic E-state index is 4.96. The second-order valence-electron chi connectivity index (χ2n) is 7.88. The average molecular weight is 511 g/mol. The second-order valence-corrected chi connectivity index (χ2v) is 7.88. The number of benzene rings is 1. The van der Waals surface area contributed by atoms with Crippen molar-refractivity contribution in [1.29, 1.82) is 0 Å². The van der Waals surface area contributed by atoms with Gasteiger partial charge in [0.2, 0.25) is 0 Å². The van der Waals surface area contributed by atoms with Crippen LogP contribution in [-0.4, -0.2) is 66.6 Å². The molecule has 1 aliphatic rings. The first-order valence-corrected chi connectivity index (χ1v) is 11.0. The molecule has 1 saturated heterocycles. The van der Waals surface area contributed by atoms with Gasteiger partial charge in [0.05, 0.1) is 0 Å².